The number of nitrogens with one attached hydrogen (secondary N) is 2. The number of aromatic amines is 1. The number of benzene rings is 1. The van der Waals surface area contributed by atoms with Gasteiger partial charge >= 0.3 is 0 Å². The highest BCUT2D eigenvalue weighted by atomic mass is 32.1. The minimum Gasteiger partial charge on any atom is -0.361 e. The van der Waals surface area contributed by atoms with Crippen LogP contribution in [0.5, 0.6) is 0 Å². The smallest absolute Gasteiger partial charge is 0.205 e. The predicted octanol–water partition coefficient (Wildman–Crippen LogP) is 2.66. The van der Waals surface area contributed by atoms with E-state index in [4.69, 9.17) is 0 Å². The van der Waals surface area contributed by atoms with Gasteiger partial charge in [0.15, 0.2) is 5.96 Å². The summed E-state index contributed by atoms with van der Waals surface area (Å²) >= 11 is 1.48. The van der Waals surface area contributed by atoms with E-state index < -0.39 is 0 Å². The van der Waals surface area contributed by atoms with Crippen LogP contribution in [0.2, 0.25) is 0 Å². The third-order valence-corrected chi connectivity index (χ3v) is 6.06. The number of hydrogen-bond donors (Lipinski definition) is 2. The molecular formula is C20H26FN7S. The van der Waals surface area contributed by atoms with Crippen LogP contribution in [-0.4, -0.2) is 65.0 Å². The van der Waals surface area contributed by atoms with Gasteiger partial charge in [0.25, 0.3) is 0 Å². The van der Waals surface area contributed by atoms with Crippen LogP contribution < -0.4 is 10.2 Å². The Morgan fingerprint density at radius 2 is 2.14 bits per heavy atom. The van der Waals surface area contributed by atoms with Crippen molar-refractivity contribution in [2.75, 3.05) is 44.7 Å². The van der Waals surface area contributed by atoms with Crippen molar-refractivity contribution < 1.29 is 4.39 Å². The van der Waals surface area contributed by atoms with E-state index in [1.165, 1.54) is 17.6 Å². The highest BCUT2D eigenvalue weighted by Gasteiger charge is 2.22. The molecular weight excluding hydrogens is 389 g/mol. The molecule has 0 amide bonds. The molecule has 3 heterocycles. The normalized spacial score (nSPS) is 15.3. The predicted molar refractivity (Wildman–Crippen MR) is 116 cm³/mol. The summed E-state index contributed by atoms with van der Waals surface area (Å²) in [7, 11) is 1.81. The molecule has 3 aromatic rings. The van der Waals surface area contributed by atoms with Crippen LogP contribution in [-0.2, 0) is 12.8 Å². The summed E-state index contributed by atoms with van der Waals surface area (Å²) in [5, 5.41) is 5.40. The molecule has 2 N–H and O–H groups in total. The number of halogens is 1. The van der Waals surface area contributed by atoms with Gasteiger partial charge in [-0.25, -0.2) is 9.37 Å². The lowest BCUT2D eigenvalue weighted by molar-refractivity contribution is 0.372. The van der Waals surface area contributed by atoms with Gasteiger partial charge in [-0.3, -0.25) is 4.99 Å². The van der Waals surface area contributed by atoms with E-state index in [0.29, 0.717) is 0 Å². The summed E-state index contributed by atoms with van der Waals surface area (Å²) in [5.41, 5.74) is 2.07. The van der Waals surface area contributed by atoms with Gasteiger partial charge < -0.3 is 20.1 Å². The second kappa shape index (κ2) is 8.77. The standard InChI is InChI=1S/C20H26FN7S/c1-3-18-25-20(29-26-18)28-10-8-27(9-11-28)19(22-2)23-7-6-14-13-24-17-5-4-15(21)12-16(14)17/h4-5,12-13,24H,3,6-11H2,1-2H3,(H,22,23). The van der Waals surface area contributed by atoms with Crippen molar-refractivity contribution in [1.82, 2.24) is 24.6 Å². The van der Waals surface area contributed by atoms with Crippen LogP contribution in [0.1, 0.15) is 18.3 Å². The first kappa shape index (κ1) is 19.6. The number of aryl methyl sites for hydroxylation is 1. The number of anilines is 1. The highest BCUT2D eigenvalue weighted by molar-refractivity contribution is 7.09. The Bertz CT molecular complexity index is 988. The van der Waals surface area contributed by atoms with Gasteiger partial charge in [-0.1, -0.05) is 6.92 Å². The Kier molecular flexibility index (Phi) is 5.94. The molecule has 1 aromatic carbocycles. The number of H-pyrrole nitrogens is 1. The molecule has 9 heteroatoms. The second-order valence-electron chi connectivity index (χ2n) is 7.05. The molecule has 0 aliphatic carbocycles. The zero-order chi connectivity index (χ0) is 20.2. The average Bonchev–Trinajstić information content (AvgIpc) is 3.38. The molecule has 154 valence electrons. The highest BCUT2D eigenvalue weighted by Crippen LogP contribution is 2.20. The molecule has 0 spiro atoms. The quantitative estimate of drug-likeness (QED) is 0.495. The molecule has 29 heavy (non-hydrogen) atoms. The Balaban J connectivity index is 1.30. The van der Waals surface area contributed by atoms with Crippen molar-refractivity contribution in [1.29, 1.82) is 0 Å². The van der Waals surface area contributed by atoms with Gasteiger partial charge in [0.2, 0.25) is 5.13 Å². The SMILES string of the molecule is CCc1nsc(N2CCN(C(=NC)NCCc3c[nH]c4ccc(F)cc34)CC2)n1. The summed E-state index contributed by atoms with van der Waals surface area (Å²) in [6, 6.07) is 4.85. The minimum atomic E-state index is -0.207. The van der Waals surface area contributed by atoms with Crippen molar-refractivity contribution in [2.45, 2.75) is 19.8 Å². The van der Waals surface area contributed by atoms with Crippen LogP contribution >= 0.6 is 11.5 Å². The Hall–Kier alpha value is -2.68. The third kappa shape index (κ3) is 4.34. The molecule has 7 nitrogen and oxygen atoms in total. The van der Waals surface area contributed by atoms with Crippen LogP contribution in [0.15, 0.2) is 29.4 Å². The van der Waals surface area contributed by atoms with E-state index in [1.54, 1.807) is 12.1 Å². The van der Waals surface area contributed by atoms with Gasteiger partial charge in [0.1, 0.15) is 11.6 Å². The summed E-state index contributed by atoms with van der Waals surface area (Å²) < 4.78 is 17.9. The van der Waals surface area contributed by atoms with E-state index in [-0.39, 0.29) is 5.82 Å². The fraction of sp³-hybridized carbons (Fsp3) is 0.450. The number of aromatic nitrogens is 3. The van der Waals surface area contributed by atoms with Crippen LogP contribution in [0, 0.1) is 5.82 Å². The number of guanidine groups is 1. The lowest BCUT2D eigenvalue weighted by Crippen LogP contribution is -2.52. The molecule has 0 atom stereocenters. The summed E-state index contributed by atoms with van der Waals surface area (Å²) in [4.78, 5) is 16.8. The number of rotatable bonds is 5. The number of hydrogen-bond acceptors (Lipinski definition) is 5. The molecule has 4 rings (SSSR count). The van der Waals surface area contributed by atoms with Gasteiger partial charge in [-0.05, 0) is 30.2 Å². The monoisotopic (exact) mass is 415 g/mol. The zero-order valence-corrected chi connectivity index (χ0v) is 17.6. The van der Waals surface area contributed by atoms with Crippen LogP contribution in [0.4, 0.5) is 9.52 Å². The van der Waals surface area contributed by atoms with Crippen LogP contribution in [0.25, 0.3) is 10.9 Å². The number of fused-ring (bicyclic) bond motifs is 1. The molecule has 2 aromatic heterocycles. The van der Waals surface area contributed by atoms with Gasteiger partial charge in [-0.15, -0.1) is 0 Å². The number of nitrogens with zero attached hydrogens (tertiary/aromatic N) is 5. The van der Waals surface area contributed by atoms with E-state index in [2.05, 4.69) is 41.4 Å². The summed E-state index contributed by atoms with van der Waals surface area (Å²) in [5.74, 6) is 1.62. The maximum atomic E-state index is 13.6. The Morgan fingerprint density at radius 3 is 2.86 bits per heavy atom. The fourth-order valence-corrected chi connectivity index (χ4v) is 4.43. The van der Waals surface area contributed by atoms with Gasteiger partial charge in [0.05, 0.1) is 0 Å². The van der Waals surface area contributed by atoms with Crippen LogP contribution in [0.3, 0.4) is 0 Å². The minimum absolute atomic E-state index is 0.207. The van der Waals surface area contributed by atoms with Crippen molar-refractivity contribution in [3.8, 4) is 0 Å². The second-order valence-corrected chi connectivity index (χ2v) is 7.78. The maximum absolute atomic E-state index is 13.6. The first-order valence-electron chi connectivity index (χ1n) is 9.96. The number of piperazine rings is 1. The van der Waals surface area contributed by atoms with Gasteiger partial charge in [-0.2, -0.15) is 4.37 Å². The van der Waals surface area contributed by atoms with Crippen molar-refractivity contribution in [3.05, 3.63) is 41.6 Å². The molecule has 1 fully saturated rings. The Labute approximate surface area is 173 Å². The molecule has 1 aliphatic heterocycles. The first-order valence-corrected chi connectivity index (χ1v) is 10.7. The molecule has 1 saturated heterocycles. The largest absolute Gasteiger partial charge is 0.361 e. The lowest BCUT2D eigenvalue weighted by Gasteiger charge is -2.36. The van der Waals surface area contributed by atoms with Crippen molar-refractivity contribution in [2.24, 2.45) is 4.99 Å². The van der Waals surface area contributed by atoms with E-state index >= 15 is 0 Å². The zero-order valence-electron chi connectivity index (χ0n) is 16.8. The molecule has 1 aliphatic rings. The molecule has 0 unspecified atom stereocenters. The topological polar surface area (TPSA) is 72.4 Å². The average molecular weight is 416 g/mol. The molecule has 0 radical (unpaired) electrons. The van der Waals surface area contributed by atoms with Crippen molar-refractivity contribution in [3.63, 3.8) is 0 Å². The molecule has 0 saturated carbocycles. The summed E-state index contributed by atoms with van der Waals surface area (Å²) in [6.45, 7) is 6.40. The maximum Gasteiger partial charge on any atom is 0.205 e. The summed E-state index contributed by atoms with van der Waals surface area (Å²) in [6.07, 6.45) is 3.63. The fourth-order valence-electron chi connectivity index (χ4n) is 3.63. The Morgan fingerprint density at radius 1 is 1.31 bits per heavy atom. The van der Waals surface area contributed by atoms with E-state index in [0.717, 1.165) is 78.9 Å². The van der Waals surface area contributed by atoms with Gasteiger partial charge in [0, 0.05) is 74.8 Å². The lowest BCUT2D eigenvalue weighted by atomic mass is 10.1. The van der Waals surface area contributed by atoms with Crippen molar-refractivity contribution >= 4 is 33.5 Å². The molecule has 0 bridgehead atoms. The van der Waals surface area contributed by atoms with E-state index in [1.807, 2.05) is 13.2 Å². The first-order chi connectivity index (χ1) is 14.2. The van der Waals surface area contributed by atoms with E-state index in [9.17, 15) is 4.39 Å². The third-order valence-electron chi connectivity index (χ3n) is 5.24. The number of aliphatic imine (C=N–C) groups is 1.